The van der Waals surface area contributed by atoms with Crippen LogP contribution >= 0.6 is 0 Å². The SMILES string of the molecule is COC(=O)c1nccc(C(F)(F)F)c1F. The molecule has 0 N–H and O–H groups in total. The molecule has 0 unspecified atom stereocenters. The van der Waals surface area contributed by atoms with E-state index in [1.165, 1.54) is 0 Å². The summed E-state index contributed by atoms with van der Waals surface area (Å²) >= 11 is 0. The Morgan fingerprint density at radius 2 is 2.07 bits per heavy atom. The Morgan fingerprint density at radius 1 is 1.47 bits per heavy atom. The number of hydrogen-bond acceptors (Lipinski definition) is 3. The molecule has 0 fully saturated rings. The van der Waals surface area contributed by atoms with E-state index < -0.39 is 29.2 Å². The van der Waals surface area contributed by atoms with Crippen molar-refractivity contribution in [3.8, 4) is 0 Å². The lowest BCUT2D eigenvalue weighted by atomic mass is 10.2. The normalized spacial score (nSPS) is 11.3. The molecule has 0 spiro atoms. The molecule has 0 aromatic carbocycles. The Labute approximate surface area is 81.7 Å². The summed E-state index contributed by atoms with van der Waals surface area (Å²) in [7, 11) is 0.920. The van der Waals surface area contributed by atoms with E-state index in [0.29, 0.717) is 12.3 Å². The summed E-state index contributed by atoms with van der Waals surface area (Å²) in [6.45, 7) is 0. The van der Waals surface area contributed by atoms with Gasteiger partial charge in [-0.1, -0.05) is 0 Å². The second kappa shape index (κ2) is 3.84. The summed E-state index contributed by atoms with van der Waals surface area (Å²) < 4.78 is 53.7. The highest BCUT2D eigenvalue weighted by atomic mass is 19.4. The molecule has 0 aliphatic rings. The maximum absolute atomic E-state index is 13.1. The quantitative estimate of drug-likeness (QED) is 0.540. The average molecular weight is 223 g/mol. The zero-order valence-electron chi connectivity index (χ0n) is 7.43. The van der Waals surface area contributed by atoms with Gasteiger partial charge in [-0.25, -0.2) is 14.2 Å². The Morgan fingerprint density at radius 3 is 2.53 bits per heavy atom. The number of aromatic nitrogens is 1. The standard InChI is InChI=1S/C8H5F4NO2/c1-15-7(14)6-5(9)4(2-3-13-6)8(10,11)12/h2-3H,1H3. The van der Waals surface area contributed by atoms with Gasteiger partial charge in [0.1, 0.15) is 0 Å². The van der Waals surface area contributed by atoms with Gasteiger partial charge in [-0.05, 0) is 6.07 Å². The molecule has 0 radical (unpaired) electrons. The Hall–Kier alpha value is -1.66. The number of hydrogen-bond donors (Lipinski definition) is 0. The molecule has 0 bridgehead atoms. The maximum atomic E-state index is 13.1. The minimum atomic E-state index is -4.87. The van der Waals surface area contributed by atoms with E-state index in [2.05, 4.69) is 9.72 Å². The lowest BCUT2D eigenvalue weighted by Crippen LogP contribution is -2.14. The minimum Gasteiger partial charge on any atom is -0.464 e. The van der Waals surface area contributed by atoms with Crippen LogP contribution in [0.2, 0.25) is 0 Å². The number of carbonyl (C=O) groups excluding carboxylic acids is 1. The summed E-state index contributed by atoms with van der Waals surface area (Å²) in [5, 5.41) is 0. The van der Waals surface area contributed by atoms with Gasteiger partial charge in [0, 0.05) is 6.20 Å². The van der Waals surface area contributed by atoms with Crippen LogP contribution in [0.5, 0.6) is 0 Å². The molecule has 15 heavy (non-hydrogen) atoms. The summed E-state index contributed by atoms with van der Waals surface area (Å²) in [6, 6.07) is 0.446. The molecular formula is C8H5F4NO2. The lowest BCUT2D eigenvalue weighted by molar-refractivity contribution is -0.140. The van der Waals surface area contributed by atoms with Crippen molar-refractivity contribution in [2.75, 3.05) is 7.11 Å². The predicted molar refractivity (Wildman–Crippen MR) is 40.5 cm³/mol. The third-order valence-corrected chi connectivity index (χ3v) is 1.57. The largest absolute Gasteiger partial charge is 0.464 e. The number of rotatable bonds is 1. The molecule has 0 saturated heterocycles. The molecule has 1 aromatic heterocycles. The van der Waals surface area contributed by atoms with E-state index in [-0.39, 0.29) is 0 Å². The highest BCUT2D eigenvalue weighted by Gasteiger charge is 2.36. The van der Waals surface area contributed by atoms with Crippen LogP contribution in [0.15, 0.2) is 12.3 Å². The Kier molecular flexibility index (Phi) is 2.92. The van der Waals surface area contributed by atoms with Crippen LogP contribution in [0.4, 0.5) is 17.6 Å². The fourth-order valence-electron chi connectivity index (χ4n) is 0.902. The first-order chi connectivity index (χ1) is 6.88. The van der Waals surface area contributed by atoms with Crippen molar-refractivity contribution < 1.29 is 27.1 Å². The van der Waals surface area contributed by atoms with E-state index in [0.717, 1.165) is 7.11 Å². The van der Waals surface area contributed by atoms with E-state index in [1.54, 1.807) is 0 Å². The summed E-state index contributed by atoms with van der Waals surface area (Å²) in [4.78, 5) is 14.0. The third-order valence-electron chi connectivity index (χ3n) is 1.57. The summed E-state index contributed by atoms with van der Waals surface area (Å²) in [6.07, 6.45) is -4.17. The number of halogens is 4. The zero-order valence-corrected chi connectivity index (χ0v) is 7.43. The van der Waals surface area contributed by atoms with Crippen LogP contribution in [0.3, 0.4) is 0 Å². The van der Waals surface area contributed by atoms with Crippen molar-refractivity contribution in [2.24, 2.45) is 0 Å². The van der Waals surface area contributed by atoms with Crippen molar-refractivity contribution in [1.82, 2.24) is 4.98 Å². The monoisotopic (exact) mass is 223 g/mol. The molecule has 0 amide bonds. The molecule has 1 aromatic rings. The number of alkyl halides is 3. The lowest BCUT2D eigenvalue weighted by Gasteiger charge is -2.08. The zero-order chi connectivity index (χ0) is 11.6. The smallest absolute Gasteiger partial charge is 0.419 e. The van der Waals surface area contributed by atoms with Gasteiger partial charge < -0.3 is 4.74 Å². The third kappa shape index (κ3) is 2.23. The molecule has 0 aliphatic carbocycles. The fourth-order valence-corrected chi connectivity index (χ4v) is 0.902. The fraction of sp³-hybridized carbons (Fsp3) is 0.250. The molecule has 0 saturated carbocycles. The van der Waals surface area contributed by atoms with E-state index >= 15 is 0 Å². The van der Waals surface area contributed by atoms with E-state index in [4.69, 9.17) is 0 Å². The summed E-state index contributed by atoms with van der Waals surface area (Å²) in [5.74, 6) is -2.98. The van der Waals surface area contributed by atoms with E-state index in [9.17, 15) is 22.4 Å². The Balaban J connectivity index is 3.30. The number of carbonyl (C=O) groups is 1. The van der Waals surface area contributed by atoms with Crippen LogP contribution < -0.4 is 0 Å². The first-order valence-electron chi connectivity index (χ1n) is 3.68. The molecular weight excluding hydrogens is 218 g/mol. The molecule has 0 atom stereocenters. The molecule has 0 aliphatic heterocycles. The average Bonchev–Trinajstić information content (AvgIpc) is 2.15. The number of esters is 1. The first-order valence-corrected chi connectivity index (χ1v) is 3.68. The topological polar surface area (TPSA) is 39.2 Å². The van der Waals surface area contributed by atoms with Crippen LogP contribution in [0.1, 0.15) is 16.1 Å². The van der Waals surface area contributed by atoms with Crippen molar-refractivity contribution in [3.63, 3.8) is 0 Å². The van der Waals surface area contributed by atoms with E-state index in [1.807, 2.05) is 0 Å². The first kappa shape index (κ1) is 11.4. The van der Waals surface area contributed by atoms with Crippen molar-refractivity contribution in [2.45, 2.75) is 6.18 Å². The Bertz CT molecular complexity index is 389. The van der Waals surface area contributed by atoms with Gasteiger partial charge >= 0.3 is 12.1 Å². The maximum Gasteiger partial charge on any atom is 0.419 e. The second-order valence-electron chi connectivity index (χ2n) is 2.51. The van der Waals surface area contributed by atoms with Gasteiger partial charge in [-0.2, -0.15) is 13.2 Å². The van der Waals surface area contributed by atoms with Crippen molar-refractivity contribution in [1.29, 1.82) is 0 Å². The van der Waals surface area contributed by atoms with Crippen LogP contribution in [0, 0.1) is 5.82 Å². The highest BCUT2D eigenvalue weighted by Crippen LogP contribution is 2.31. The summed E-state index contributed by atoms with van der Waals surface area (Å²) in [5.41, 5.74) is -2.52. The number of pyridine rings is 1. The van der Waals surface area contributed by atoms with Gasteiger partial charge in [-0.3, -0.25) is 0 Å². The van der Waals surface area contributed by atoms with Crippen molar-refractivity contribution >= 4 is 5.97 Å². The predicted octanol–water partition coefficient (Wildman–Crippen LogP) is 2.03. The van der Waals surface area contributed by atoms with Gasteiger partial charge in [0.15, 0.2) is 11.5 Å². The highest BCUT2D eigenvalue weighted by molar-refractivity contribution is 5.87. The number of ether oxygens (including phenoxy) is 1. The number of nitrogens with zero attached hydrogens (tertiary/aromatic N) is 1. The second-order valence-corrected chi connectivity index (χ2v) is 2.51. The molecule has 1 rings (SSSR count). The number of methoxy groups -OCH3 is 1. The van der Waals surface area contributed by atoms with Crippen LogP contribution in [-0.2, 0) is 10.9 Å². The van der Waals surface area contributed by atoms with Gasteiger partial charge in [-0.15, -0.1) is 0 Å². The van der Waals surface area contributed by atoms with Gasteiger partial charge in [0.2, 0.25) is 0 Å². The van der Waals surface area contributed by atoms with Crippen LogP contribution in [-0.4, -0.2) is 18.1 Å². The molecule has 82 valence electrons. The van der Waals surface area contributed by atoms with Crippen molar-refractivity contribution in [3.05, 3.63) is 29.3 Å². The molecule has 3 nitrogen and oxygen atoms in total. The minimum absolute atomic E-state index is 0.446. The van der Waals surface area contributed by atoms with Gasteiger partial charge in [0.05, 0.1) is 12.7 Å². The van der Waals surface area contributed by atoms with Crippen LogP contribution in [0.25, 0.3) is 0 Å². The molecule has 7 heteroatoms. The van der Waals surface area contributed by atoms with Gasteiger partial charge in [0.25, 0.3) is 0 Å². The molecule has 1 heterocycles.